The molecule has 182 valence electrons. The number of fused-ring (bicyclic) bond motifs is 4. The summed E-state index contributed by atoms with van der Waals surface area (Å²) in [5, 5.41) is 0. The van der Waals surface area contributed by atoms with E-state index >= 15 is 0 Å². The molecule has 0 amide bonds. The predicted octanol–water partition coefficient (Wildman–Crippen LogP) is 4.53. The fraction of sp³-hybridized carbons (Fsp3) is 0.448. The highest BCUT2D eigenvalue weighted by molar-refractivity contribution is 6.07. The molecule has 3 unspecified atom stereocenters. The minimum absolute atomic E-state index is 0.0842. The number of rotatable bonds is 4. The van der Waals surface area contributed by atoms with Crippen molar-refractivity contribution in [2.24, 2.45) is 0 Å². The summed E-state index contributed by atoms with van der Waals surface area (Å²) in [4.78, 5) is 4.70. The fourth-order valence-electron chi connectivity index (χ4n) is 6.49. The molecule has 0 spiro atoms. The molecule has 2 aromatic rings. The third-order valence-corrected chi connectivity index (χ3v) is 8.19. The van der Waals surface area contributed by atoms with Gasteiger partial charge in [-0.1, -0.05) is 12.1 Å². The van der Waals surface area contributed by atoms with Gasteiger partial charge in [0.2, 0.25) is 0 Å². The Hall–Kier alpha value is -2.96. The van der Waals surface area contributed by atoms with E-state index in [1.807, 2.05) is 18.3 Å². The maximum absolute atomic E-state index is 6.01. The third-order valence-electron chi connectivity index (χ3n) is 8.19. The van der Waals surface area contributed by atoms with E-state index in [4.69, 9.17) is 23.9 Å². The van der Waals surface area contributed by atoms with E-state index in [1.54, 1.807) is 14.2 Å². The monoisotopic (exact) mass is 473 g/mol. The molecule has 4 heterocycles. The van der Waals surface area contributed by atoms with Gasteiger partial charge in [0.25, 0.3) is 0 Å². The Balaban J connectivity index is 1.59. The van der Waals surface area contributed by atoms with Gasteiger partial charge >= 0.3 is 0 Å². The minimum Gasteiger partial charge on any atom is -0.493 e. The second-order valence-corrected chi connectivity index (χ2v) is 10.5. The van der Waals surface area contributed by atoms with Crippen molar-refractivity contribution in [2.45, 2.75) is 56.8 Å². The summed E-state index contributed by atoms with van der Waals surface area (Å²) in [7, 11) is 3.44. The highest BCUT2D eigenvalue weighted by atomic mass is 16.7. The molecule has 0 saturated carbocycles. The van der Waals surface area contributed by atoms with E-state index in [2.05, 4.69) is 55.7 Å². The number of allylic oxidation sites excluding steroid dienone is 1. The summed E-state index contributed by atoms with van der Waals surface area (Å²) in [5.74, 6) is 1.70. The zero-order valence-electron chi connectivity index (χ0n) is 21.1. The molecule has 6 rings (SSSR count). The first-order valence-corrected chi connectivity index (χ1v) is 12.4. The van der Waals surface area contributed by atoms with Gasteiger partial charge in [0.05, 0.1) is 25.7 Å². The number of hydrogen-bond acceptors (Lipinski definition) is 5. The molecule has 0 bridgehead atoms. The molecule has 6 heteroatoms. The molecular formula is C29H33N2O4+. The lowest BCUT2D eigenvalue weighted by atomic mass is 9.69. The van der Waals surface area contributed by atoms with E-state index < -0.39 is 5.60 Å². The molecule has 35 heavy (non-hydrogen) atoms. The molecule has 1 aliphatic carbocycles. The zero-order chi connectivity index (χ0) is 24.4. The molecule has 0 N–H and O–H groups in total. The lowest BCUT2D eigenvalue weighted by Crippen LogP contribution is -2.50. The van der Waals surface area contributed by atoms with Crippen molar-refractivity contribution in [3.05, 3.63) is 76.6 Å². The molecule has 6 nitrogen and oxygen atoms in total. The van der Waals surface area contributed by atoms with Crippen LogP contribution in [0, 0.1) is 0 Å². The van der Waals surface area contributed by atoms with Gasteiger partial charge in [0.15, 0.2) is 22.7 Å². The van der Waals surface area contributed by atoms with Crippen molar-refractivity contribution in [3.63, 3.8) is 0 Å². The summed E-state index contributed by atoms with van der Waals surface area (Å²) in [6, 6.07) is 10.4. The van der Waals surface area contributed by atoms with Crippen LogP contribution in [-0.2, 0) is 21.4 Å². The van der Waals surface area contributed by atoms with E-state index in [0.29, 0.717) is 6.79 Å². The summed E-state index contributed by atoms with van der Waals surface area (Å²) >= 11 is 0. The Labute approximate surface area is 206 Å². The number of pyridine rings is 1. The summed E-state index contributed by atoms with van der Waals surface area (Å²) in [5.41, 5.74) is 6.84. The van der Waals surface area contributed by atoms with Gasteiger partial charge in [0, 0.05) is 44.2 Å². The Morgan fingerprint density at radius 3 is 2.71 bits per heavy atom. The first kappa shape index (κ1) is 22.5. The van der Waals surface area contributed by atoms with Crippen LogP contribution in [0.15, 0.2) is 59.8 Å². The quantitative estimate of drug-likeness (QED) is 0.611. The van der Waals surface area contributed by atoms with Gasteiger partial charge < -0.3 is 18.9 Å². The van der Waals surface area contributed by atoms with Gasteiger partial charge in [-0.25, -0.2) is 4.58 Å². The normalized spacial score (nSPS) is 28.3. The lowest BCUT2D eigenvalue weighted by Gasteiger charge is -2.41. The Bertz CT molecular complexity index is 1280. The summed E-state index contributed by atoms with van der Waals surface area (Å²) < 4.78 is 26.3. The first-order chi connectivity index (χ1) is 16.9. The van der Waals surface area contributed by atoms with Crippen molar-refractivity contribution in [1.29, 1.82) is 0 Å². The second-order valence-electron chi connectivity index (χ2n) is 10.5. The smallest absolute Gasteiger partial charge is 0.192 e. The fourth-order valence-corrected chi connectivity index (χ4v) is 6.49. The van der Waals surface area contributed by atoms with E-state index in [9.17, 15) is 0 Å². The van der Waals surface area contributed by atoms with Crippen molar-refractivity contribution in [1.82, 2.24) is 4.98 Å². The standard InChI is InChI=1S/C29H33N2O4/c1-28(2)25-20(9-10-23(32-4)27(25)33-5)22(14-19-8-6-7-12-30-19)26-21-15-24-29(3,35-17-34-24)16-18(21)11-13-31(26)28/h6-10,12,15-16,22,24H,11,13-14,17H2,1-5H3/q+1. The molecule has 3 aliphatic heterocycles. The zero-order valence-corrected chi connectivity index (χ0v) is 21.1. The van der Waals surface area contributed by atoms with Crippen molar-refractivity contribution < 1.29 is 23.5 Å². The number of hydrogen-bond donors (Lipinski definition) is 0. The van der Waals surface area contributed by atoms with Gasteiger partial charge in [-0.05, 0) is 48.4 Å². The van der Waals surface area contributed by atoms with Crippen LogP contribution in [0.2, 0.25) is 0 Å². The van der Waals surface area contributed by atoms with Crippen LogP contribution in [0.3, 0.4) is 0 Å². The van der Waals surface area contributed by atoms with Crippen LogP contribution in [0.25, 0.3) is 0 Å². The van der Waals surface area contributed by atoms with Crippen LogP contribution in [-0.4, -0.2) is 54.5 Å². The lowest BCUT2D eigenvalue weighted by molar-refractivity contribution is -0.614. The molecule has 1 aromatic carbocycles. The molecule has 0 radical (unpaired) electrons. The van der Waals surface area contributed by atoms with Crippen LogP contribution < -0.4 is 9.47 Å². The van der Waals surface area contributed by atoms with E-state index in [0.717, 1.165) is 36.6 Å². The first-order valence-electron chi connectivity index (χ1n) is 12.4. The highest BCUT2D eigenvalue weighted by Crippen LogP contribution is 2.51. The summed E-state index contributed by atoms with van der Waals surface area (Å²) in [6.45, 7) is 7.97. The Morgan fingerprint density at radius 2 is 1.97 bits per heavy atom. The highest BCUT2D eigenvalue weighted by Gasteiger charge is 2.53. The van der Waals surface area contributed by atoms with Gasteiger partial charge in [0.1, 0.15) is 25.0 Å². The molecule has 1 saturated heterocycles. The largest absolute Gasteiger partial charge is 0.493 e. The number of aromatic nitrogens is 1. The average Bonchev–Trinajstić information content (AvgIpc) is 3.24. The summed E-state index contributed by atoms with van der Waals surface area (Å²) in [6.07, 6.45) is 8.16. The van der Waals surface area contributed by atoms with E-state index in [-0.39, 0.29) is 17.6 Å². The SMILES string of the molecule is COc1ccc2c(c1OC)C(C)(C)[N+]1=C(C3=CC4OCOC4(C)C=C3CC1)C2Cc1ccccn1. The maximum atomic E-state index is 6.01. The molecule has 4 aliphatic rings. The number of nitrogens with zero attached hydrogens (tertiary/aromatic N) is 2. The van der Waals surface area contributed by atoms with Crippen LogP contribution in [0.1, 0.15) is 49.9 Å². The minimum atomic E-state index is -0.392. The molecule has 1 fully saturated rings. The van der Waals surface area contributed by atoms with E-state index in [1.165, 1.54) is 28.0 Å². The number of benzene rings is 1. The predicted molar refractivity (Wildman–Crippen MR) is 133 cm³/mol. The maximum Gasteiger partial charge on any atom is 0.192 e. The number of methoxy groups -OCH3 is 2. The van der Waals surface area contributed by atoms with Gasteiger partial charge in [-0.2, -0.15) is 0 Å². The Kier molecular flexibility index (Phi) is 5.17. The van der Waals surface area contributed by atoms with Gasteiger partial charge in [-0.3, -0.25) is 4.98 Å². The topological polar surface area (TPSA) is 52.8 Å². The van der Waals surface area contributed by atoms with Crippen molar-refractivity contribution in [3.8, 4) is 11.5 Å². The van der Waals surface area contributed by atoms with Gasteiger partial charge in [-0.15, -0.1) is 0 Å². The van der Waals surface area contributed by atoms with Crippen molar-refractivity contribution >= 4 is 5.71 Å². The third kappa shape index (κ3) is 3.30. The average molecular weight is 474 g/mol. The molecule has 1 aromatic heterocycles. The van der Waals surface area contributed by atoms with Crippen molar-refractivity contribution in [2.75, 3.05) is 27.6 Å². The van der Waals surface area contributed by atoms with Crippen LogP contribution >= 0.6 is 0 Å². The van der Waals surface area contributed by atoms with Crippen LogP contribution in [0.4, 0.5) is 0 Å². The number of ether oxygens (including phenoxy) is 4. The molecule has 3 atom stereocenters. The second kappa shape index (κ2) is 8.04. The molecular weight excluding hydrogens is 440 g/mol. The van der Waals surface area contributed by atoms with Crippen LogP contribution in [0.5, 0.6) is 11.5 Å². The Morgan fingerprint density at radius 1 is 1.11 bits per heavy atom.